The Balaban J connectivity index is 2.08. The summed E-state index contributed by atoms with van der Waals surface area (Å²) < 4.78 is 7.13. The van der Waals surface area contributed by atoms with Gasteiger partial charge in [0.25, 0.3) is 5.56 Å². The number of fused-ring (bicyclic) bond motifs is 3. The highest BCUT2D eigenvalue weighted by Crippen LogP contribution is 2.26. The van der Waals surface area contributed by atoms with E-state index in [-0.39, 0.29) is 11.1 Å². The zero-order valence-corrected chi connectivity index (χ0v) is 12.5. The molecule has 0 radical (unpaired) electrons. The molecule has 4 aromatic heterocycles. The average Bonchev–Trinajstić information content (AvgIpc) is 3.15. The van der Waals surface area contributed by atoms with Crippen LogP contribution in [-0.4, -0.2) is 24.7 Å². The Morgan fingerprint density at radius 2 is 2.09 bits per heavy atom. The van der Waals surface area contributed by atoms with Crippen molar-refractivity contribution >= 4 is 22.1 Å². The van der Waals surface area contributed by atoms with Gasteiger partial charge in [-0.2, -0.15) is 5.10 Å². The van der Waals surface area contributed by atoms with Gasteiger partial charge in [0.15, 0.2) is 11.6 Å². The van der Waals surface area contributed by atoms with Crippen molar-refractivity contribution < 1.29 is 4.42 Å². The third-order valence-corrected chi connectivity index (χ3v) is 3.58. The van der Waals surface area contributed by atoms with Gasteiger partial charge in [0, 0.05) is 0 Å². The number of pyridine rings is 1. The molecule has 4 heterocycles. The van der Waals surface area contributed by atoms with Crippen molar-refractivity contribution in [3.63, 3.8) is 0 Å². The van der Waals surface area contributed by atoms with E-state index in [1.807, 2.05) is 20.8 Å². The molecule has 0 saturated heterocycles. The van der Waals surface area contributed by atoms with Crippen molar-refractivity contribution in [3.05, 3.63) is 34.9 Å². The van der Waals surface area contributed by atoms with Crippen LogP contribution in [0.2, 0.25) is 0 Å². The summed E-state index contributed by atoms with van der Waals surface area (Å²) in [6, 6.07) is 3.57. The largest absolute Gasteiger partial charge is 0.461 e. The Kier molecular flexibility index (Phi) is 2.40. The van der Waals surface area contributed by atoms with E-state index >= 15 is 0 Å². The summed E-state index contributed by atoms with van der Waals surface area (Å²) in [6.45, 7) is 6.09. The molecule has 0 atom stereocenters. The van der Waals surface area contributed by atoms with Crippen LogP contribution in [0, 0.1) is 0 Å². The maximum atomic E-state index is 12.4. The predicted octanol–water partition coefficient (Wildman–Crippen LogP) is 2.62. The summed E-state index contributed by atoms with van der Waals surface area (Å²) in [4.78, 5) is 22.8. The number of nitrogens with zero attached hydrogens (tertiary/aromatic N) is 3. The minimum Gasteiger partial charge on any atom is -0.461 e. The van der Waals surface area contributed by atoms with Gasteiger partial charge in [-0.25, -0.2) is 9.67 Å². The van der Waals surface area contributed by atoms with Crippen LogP contribution in [0.1, 0.15) is 20.8 Å². The van der Waals surface area contributed by atoms with E-state index in [4.69, 9.17) is 4.42 Å². The molecule has 0 bridgehead atoms. The van der Waals surface area contributed by atoms with Crippen LogP contribution in [-0.2, 0) is 5.54 Å². The van der Waals surface area contributed by atoms with Crippen molar-refractivity contribution in [3.8, 4) is 11.6 Å². The Morgan fingerprint density at radius 1 is 1.27 bits per heavy atom. The molecule has 0 spiro atoms. The molecule has 4 rings (SSSR count). The Labute approximate surface area is 125 Å². The molecule has 0 aliphatic carbocycles. The van der Waals surface area contributed by atoms with Crippen LogP contribution in [0.15, 0.2) is 33.8 Å². The third kappa shape index (κ3) is 1.71. The zero-order valence-electron chi connectivity index (χ0n) is 12.5. The predicted molar refractivity (Wildman–Crippen MR) is 82.7 cm³/mol. The number of rotatable bonds is 1. The minimum atomic E-state index is -0.238. The lowest BCUT2D eigenvalue weighted by atomic mass is 10.1. The van der Waals surface area contributed by atoms with Gasteiger partial charge in [-0.1, -0.05) is 0 Å². The quantitative estimate of drug-likeness (QED) is 0.565. The maximum absolute atomic E-state index is 12.4. The van der Waals surface area contributed by atoms with E-state index < -0.39 is 0 Å². The molecule has 0 saturated carbocycles. The smallest absolute Gasteiger partial charge is 0.275 e. The highest BCUT2D eigenvalue weighted by Gasteiger charge is 2.21. The molecule has 4 aromatic rings. The van der Waals surface area contributed by atoms with Crippen molar-refractivity contribution in [2.45, 2.75) is 26.3 Å². The molecule has 0 aromatic carbocycles. The highest BCUT2D eigenvalue weighted by molar-refractivity contribution is 6.01. The standard InChI is InChI=1S/C15H15N5O2/c1-15(2,3)20-13-8(7-16-20)10-11(14(21)19-13)18-12(17-10)9-5-4-6-22-9/h4-7H,1-3H3,(H,17,18)(H,19,21). The molecule has 0 aliphatic rings. The van der Waals surface area contributed by atoms with E-state index in [1.54, 1.807) is 29.3 Å². The molecule has 0 amide bonds. The fourth-order valence-electron chi connectivity index (χ4n) is 2.58. The lowest BCUT2D eigenvalue weighted by molar-refractivity contribution is 0.366. The molecular formula is C15H15N5O2. The summed E-state index contributed by atoms with van der Waals surface area (Å²) in [6.07, 6.45) is 3.30. The van der Waals surface area contributed by atoms with Gasteiger partial charge in [-0.05, 0) is 32.9 Å². The molecule has 112 valence electrons. The number of aromatic nitrogens is 5. The van der Waals surface area contributed by atoms with Gasteiger partial charge >= 0.3 is 0 Å². The van der Waals surface area contributed by atoms with Crippen LogP contribution in [0.5, 0.6) is 0 Å². The number of hydrogen-bond acceptors (Lipinski definition) is 4. The number of H-pyrrole nitrogens is 2. The van der Waals surface area contributed by atoms with Crippen LogP contribution in [0.4, 0.5) is 0 Å². The third-order valence-electron chi connectivity index (χ3n) is 3.58. The summed E-state index contributed by atoms with van der Waals surface area (Å²) in [5.74, 6) is 1.12. The molecule has 2 N–H and O–H groups in total. The fourth-order valence-corrected chi connectivity index (χ4v) is 2.58. The Bertz CT molecular complexity index is 1030. The molecule has 22 heavy (non-hydrogen) atoms. The Morgan fingerprint density at radius 3 is 2.77 bits per heavy atom. The number of hydrogen-bond donors (Lipinski definition) is 2. The van der Waals surface area contributed by atoms with Crippen LogP contribution in [0.25, 0.3) is 33.7 Å². The average molecular weight is 297 g/mol. The number of aromatic amines is 2. The van der Waals surface area contributed by atoms with Crippen LogP contribution >= 0.6 is 0 Å². The van der Waals surface area contributed by atoms with Crippen molar-refractivity contribution in [2.24, 2.45) is 0 Å². The SMILES string of the molecule is CC(C)(C)n1ncc2c3nc(-c4ccco4)[nH]c3c(=O)[nH]c21. The molecule has 7 nitrogen and oxygen atoms in total. The van der Waals surface area contributed by atoms with Gasteiger partial charge in [0.05, 0.1) is 23.4 Å². The second-order valence-corrected chi connectivity index (χ2v) is 6.23. The number of furan rings is 1. The molecular weight excluding hydrogens is 282 g/mol. The monoisotopic (exact) mass is 297 g/mol. The first kappa shape index (κ1) is 12.9. The van der Waals surface area contributed by atoms with Crippen molar-refractivity contribution in [1.82, 2.24) is 24.7 Å². The van der Waals surface area contributed by atoms with Gasteiger partial charge in [-0.15, -0.1) is 0 Å². The van der Waals surface area contributed by atoms with E-state index in [1.165, 1.54) is 0 Å². The van der Waals surface area contributed by atoms with Crippen molar-refractivity contribution in [1.29, 1.82) is 0 Å². The molecule has 0 fully saturated rings. The second-order valence-electron chi connectivity index (χ2n) is 6.23. The van der Waals surface area contributed by atoms with Crippen LogP contribution < -0.4 is 5.56 Å². The first-order valence-electron chi connectivity index (χ1n) is 6.99. The molecule has 0 aliphatic heterocycles. The fraction of sp³-hybridized carbons (Fsp3) is 0.267. The summed E-state index contributed by atoms with van der Waals surface area (Å²) >= 11 is 0. The topological polar surface area (TPSA) is 92.5 Å². The van der Waals surface area contributed by atoms with Gasteiger partial charge in [0.2, 0.25) is 0 Å². The zero-order chi connectivity index (χ0) is 15.5. The first-order chi connectivity index (χ1) is 10.4. The van der Waals surface area contributed by atoms with E-state index in [2.05, 4.69) is 20.1 Å². The van der Waals surface area contributed by atoms with Crippen LogP contribution in [0.3, 0.4) is 0 Å². The Hall–Kier alpha value is -2.83. The van der Waals surface area contributed by atoms with Gasteiger partial charge in [0.1, 0.15) is 16.7 Å². The van der Waals surface area contributed by atoms with Gasteiger partial charge < -0.3 is 14.4 Å². The number of nitrogens with one attached hydrogen (secondary N) is 2. The van der Waals surface area contributed by atoms with E-state index in [9.17, 15) is 4.79 Å². The maximum Gasteiger partial charge on any atom is 0.275 e. The molecule has 0 unspecified atom stereocenters. The van der Waals surface area contributed by atoms with E-state index in [0.29, 0.717) is 28.3 Å². The lowest BCUT2D eigenvalue weighted by Gasteiger charge is -2.19. The second kappa shape index (κ2) is 4.09. The minimum absolute atomic E-state index is 0.223. The summed E-state index contributed by atoms with van der Waals surface area (Å²) in [5.41, 5.74) is 1.23. The first-order valence-corrected chi connectivity index (χ1v) is 6.99. The number of imidazole rings is 1. The lowest BCUT2D eigenvalue weighted by Crippen LogP contribution is -2.24. The summed E-state index contributed by atoms with van der Waals surface area (Å²) in [5, 5.41) is 5.20. The normalized spacial score (nSPS) is 12.5. The van der Waals surface area contributed by atoms with Gasteiger partial charge in [-0.3, -0.25) is 4.79 Å². The highest BCUT2D eigenvalue weighted by atomic mass is 16.3. The van der Waals surface area contributed by atoms with Crippen molar-refractivity contribution in [2.75, 3.05) is 0 Å². The van der Waals surface area contributed by atoms with E-state index in [0.717, 1.165) is 5.39 Å². The molecule has 7 heteroatoms. The summed E-state index contributed by atoms with van der Waals surface area (Å²) in [7, 11) is 0.